The minimum Gasteiger partial charge on any atom is -0.327 e. The molecule has 2 aromatic rings. The van der Waals surface area contributed by atoms with Crippen molar-refractivity contribution in [3.8, 4) is 11.3 Å². The van der Waals surface area contributed by atoms with Gasteiger partial charge in [0.1, 0.15) is 0 Å². The minimum absolute atomic E-state index is 0. The monoisotopic (exact) mass is 260 g/mol. The maximum absolute atomic E-state index is 5.84. The Hall–Kier alpha value is -1.38. The lowest BCUT2D eigenvalue weighted by Crippen LogP contribution is -2.01. The van der Waals surface area contributed by atoms with Gasteiger partial charge in [0.25, 0.3) is 0 Å². The number of aryl methyl sites for hydroxylation is 1. The number of aromatic nitrogens is 1. The summed E-state index contributed by atoms with van der Waals surface area (Å²) in [6.07, 6.45) is 3.07. The average Bonchev–Trinajstić information content (AvgIpc) is 3.07. The second-order valence-corrected chi connectivity index (χ2v) is 4.85. The van der Waals surface area contributed by atoms with Crippen molar-refractivity contribution >= 4 is 12.4 Å². The van der Waals surface area contributed by atoms with Crippen molar-refractivity contribution < 1.29 is 0 Å². The molecule has 0 bridgehead atoms. The van der Waals surface area contributed by atoms with E-state index in [-0.39, 0.29) is 12.4 Å². The number of pyridine rings is 1. The van der Waals surface area contributed by atoms with Gasteiger partial charge >= 0.3 is 0 Å². The first-order chi connectivity index (χ1) is 8.24. The van der Waals surface area contributed by atoms with E-state index >= 15 is 0 Å². The van der Waals surface area contributed by atoms with Crippen LogP contribution in [0.2, 0.25) is 0 Å². The molecule has 1 aromatic carbocycles. The first kappa shape index (κ1) is 13.1. The van der Waals surface area contributed by atoms with Gasteiger partial charge < -0.3 is 5.73 Å². The summed E-state index contributed by atoms with van der Waals surface area (Å²) in [5.74, 6) is 0.536. The number of halogens is 1. The molecule has 2 nitrogen and oxygen atoms in total. The summed E-state index contributed by atoms with van der Waals surface area (Å²) >= 11 is 0. The maximum atomic E-state index is 5.84. The quantitative estimate of drug-likeness (QED) is 0.900. The smallest absolute Gasteiger partial charge is 0.0702 e. The fraction of sp³-hybridized carbons (Fsp3) is 0.267. The molecule has 1 aromatic heterocycles. The van der Waals surface area contributed by atoms with Gasteiger partial charge in [0.05, 0.1) is 5.69 Å². The lowest BCUT2D eigenvalue weighted by atomic mass is 10.1. The predicted molar refractivity (Wildman–Crippen MR) is 77.0 cm³/mol. The van der Waals surface area contributed by atoms with Gasteiger partial charge in [-0.2, -0.15) is 0 Å². The summed E-state index contributed by atoms with van der Waals surface area (Å²) in [6, 6.07) is 13.0. The highest BCUT2D eigenvalue weighted by molar-refractivity contribution is 5.85. The number of nitrogens with zero attached hydrogens (tertiary/aromatic N) is 1. The van der Waals surface area contributed by atoms with Gasteiger partial charge in [-0.1, -0.05) is 29.8 Å². The number of benzene rings is 1. The Kier molecular flexibility index (Phi) is 3.69. The third-order valence-electron chi connectivity index (χ3n) is 3.37. The lowest BCUT2D eigenvalue weighted by molar-refractivity contribution is 0.981. The highest BCUT2D eigenvalue weighted by Crippen LogP contribution is 2.38. The fourth-order valence-electron chi connectivity index (χ4n) is 2.20. The van der Waals surface area contributed by atoms with Gasteiger partial charge in [-0.3, -0.25) is 4.98 Å². The van der Waals surface area contributed by atoms with Crippen molar-refractivity contribution in [3.63, 3.8) is 0 Å². The molecule has 1 fully saturated rings. The summed E-state index contributed by atoms with van der Waals surface area (Å²) in [5.41, 5.74) is 10.6. The molecule has 0 saturated heterocycles. The van der Waals surface area contributed by atoms with Crippen LogP contribution in [0.25, 0.3) is 11.3 Å². The molecular formula is C15H17ClN2. The van der Waals surface area contributed by atoms with Crippen LogP contribution in [-0.4, -0.2) is 11.0 Å². The molecule has 2 atom stereocenters. The van der Waals surface area contributed by atoms with E-state index in [2.05, 4.69) is 48.3 Å². The van der Waals surface area contributed by atoms with Crippen molar-refractivity contribution in [2.24, 2.45) is 5.73 Å². The van der Waals surface area contributed by atoms with Crippen LogP contribution >= 0.6 is 12.4 Å². The van der Waals surface area contributed by atoms with E-state index in [4.69, 9.17) is 5.73 Å². The first-order valence-electron chi connectivity index (χ1n) is 6.02. The highest BCUT2D eigenvalue weighted by atomic mass is 35.5. The maximum Gasteiger partial charge on any atom is 0.0702 e. The molecule has 0 radical (unpaired) electrons. The first-order valence-corrected chi connectivity index (χ1v) is 6.02. The molecule has 0 spiro atoms. The SMILES string of the molecule is Cc1cccc(-c2ccc([C@H]3C[C@@H]3N)cn2)c1.Cl. The molecular weight excluding hydrogens is 244 g/mol. The molecule has 0 unspecified atom stereocenters. The van der Waals surface area contributed by atoms with E-state index in [0.717, 1.165) is 12.1 Å². The van der Waals surface area contributed by atoms with Crippen molar-refractivity contribution in [2.75, 3.05) is 0 Å². The Balaban J connectivity index is 0.00000120. The molecule has 3 rings (SSSR count). The molecule has 1 saturated carbocycles. The van der Waals surface area contributed by atoms with Crippen molar-refractivity contribution in [1.29, 1.82) is 0 Å². The van der Waals surface area contributed by atoms with E-state index in [9.17, 15) is 0 Å². The lowest BCUT2D eigenvalue weighted by Gasteiger charge is -2.03. The zero-order valence-corrected chi connectivity index (χ0v) is 11.2. The van der Waals surface area contributed by atoms with Crippen LogP contribution in [0, 0.1) is 6.92 Å². The molecule has 1 aliphatic rings. The summed E-state index contributed by atoms with van der Waals surface area (Å²) in [7, 11) is 0. The molecule has 94 valence electrons. The standard InChI is InChI=1S/C15H16N2.ClH/c1-10-3-2-4-11(7-10)15-6-5-12(9-17-15)13-8-14(13)16;/h2-7,9,13-14H,8,16H2,1H3;1H/t13-,14+;/m1./s1. The second-order valence-electron chi connectivity index (χ2n) is 4.85. The van der Waals surface area contributed by atoms with Crippen LogP contribution in [0.1, 0.15) is 23.5 Å². The van der Waals surface area contributed by atoms with Crippen molar-refractivity contribution in [3.05, 3.63) is 53.7 Å². The van der Waals surface area contributed by atoms with E-state index in [0.29, 0.717) is 12.0 Å². The van der Waals surface area contributed by atoms with E-state index in [1.807, 2.05) is 6.20 Å². The van der Waals surface area contributed by atoms with Crippen LogP contribution in [0.4, 0.5) is 0 Å². The molecule has 3 heteroatoms. The van der Waals surface area contributed by atoms with E-state index in [1.54, 1.807) is 0 Å². The Labute approximate surface area is 114 Å². The number of nitrogens with two attached hydrogens (primary N) is 1. The normalized spacial score (nSPS) is 21.2. The van der Waals surface area contributed by atoms with Gasteiger partial charge in [-0.25, -0.2) is 0 Å². The van der Waals surface area contributed by atoms with Gasteiger partial charge in [0, 0.05) is 23.7 Å². The van der Waals surface area contributed by atoms with Crippen LogP contribution < -0.4 is 5.73 Å². The van der Waals surface area contributed by atoms with Crippen LogP contribution in [-0.2, 0) is 0 Å². The van der Waals surface area contributed by atoms with E-state index < -0.39 is 0 Å². The van der Waals surface area contributed by atoms with Gasteiger partial charge in [0.15, 0.2) is 0 Å². The predicted octanol–water partition coefficient (Wildman–Crippen LogP) is 3.29. The zero-order chi connectivity index (χ0) is 11.8. The van der Waals surface area contributed by atoms with Crippen LogP contribution in [0.3, 0.4) is 0 Å². The summed E-state index contributed by atoms with van der Waals surface area (Å²) in [6.45, 7) is 2.10. The molecule has 0 aliphatic heterocycles. The van der Waals surface area contributed by atoms with Gasteiger partial charge in [-0.15, -0.1) is 12.4 Å². The molecule has 2 N–H and O–H groups in total. The summed E-state index contributed by atoms with van der Waals surface area (Å²) in [4.78, 5) is 4.53. The third-order valence-corrected chi connectivity index (χ3v) is 3.37. The topological polar surface area (TPSA) is 38.9 Å². The summed E-state index contributed by atoms with van der Waals surface area (Å²) < 4.78 is 0. The molecule has 1 aliphatic carbocycles. The number of hydrogen-bond acceptors (Lipinski definition) is 2. The largest absolute Gasteiger partial charge is 0.327 e. The second kappa shape index (κ2) is 5.09. The van der Waals surface area contributed by atoms with E-state index in [1.165, 1.54) is 16.7 Å². The fourth-order valence-corrected chi connectivity index (χ4v) is 2.20. The highest BCUT2D eigenvalue weighted by Gasteiger charge is 2.34. The van der Waals surface area contributed by atoms with Crippen molar-refractivity contribution in [1.82, 2.24) is 4.98 Å². The Morgan fingerprint density at radius 1 is 1.22 bits per heavy atom. The Bertz CT molecular complexity index is 536. The number of hydrogen-bond donors (Lipinski definition) is 1. The average molecular weight is 261 g/mol. The summed E-state index contributed by atoms with van der Waals surface area (Å²) in [5, 5.41) is 0. The zero-order valence-electron chi connectivity index (χ0n) is 10.3. The molecule has 18 heavy (non-hydrogen) atoms. The van der Waals surface area contributed by atoms with Crippen LogP contribution in [0.15, 0.2) is 42.6 Å². The third kappa shape index (κ3) is 2.55. The minimum atomic E-state index is 0. The Morgan fingerprint density at radius 3 is 2.56 bits per heavy atom. The molecule has 1 heterocycles. The Morgan fingerprint density at radius 2 is 2.00 bits per heavy atom. The number of rotatable bonds is 2. The molecule has 0 amide bonds. The van der Waals surface area contributed by atoms with Crippen molar-refractivity contribution in [2.45, 2.75) is 25.3 Å². The van der Waals surface area contributed by atoms with Gasteiger partial charge in [0.2, 0.25) is 0 Å². The van der Waals surface area contributed by atoms with Crippen LogP contribution in [0.5, 0.6) is 0 Å². The van der Waals surface area contributed by atoms with Gasteiger partial charge in [-0.05, 0) is 31.0 Å².